The molecule has 1 aromatic carbocycles. The van der Waals surface area contributed by atoms with Gasteiger partial charge in [0.2, 0.25) is 0 Å². The maximum absolute atomic E-state index is 5.78. The van der Waals surface area contributed by atoms with E-state index in [1.165, 1.54) is 11.9 Å². The van der Waals surface area contributed by atoms with Crippen molar-refractivity contribution in [2.24, 2.45) is 0 Å². The van der Waals surface area contributed by atoms with Gasteiger partial charge in [-0.1, -0.05) is 5.16 Å². The molecule has 7 heteroatoms. The highest BCUT2D eigenvalue weighted by Crippen LogP contribution is 2.33. The van der Waals surface area contributed by atoms with Crippen LogP contribution in [-0.4, -0.2) is 26.7 Å². The van der Waals surface area contributed by atoms with Crippen LogP contribution >= 0.6 is 11.3 Å². The van der Waals surface area contributed by atoms with Crippen molar-refractivity contribution in [2.45, 2.75) is 13.8 Å². The molecule has 0 amide bonds. The molecular weight excluding hydrogens is 324 g/mol. The predicted octanol–water partition coefficient (Wildman–Crippen LogP) is 4.12. The van der Waals surface area contributed by atoms with Gasteiger partial charge in [-0.25, -0.2) is 9.97 Å². The van der Waals surface area contributed by atoms with Gasteiger partial charge in [0.1, 0.15) is 10.6 Å². The Morgan fingerprint density at radius 3 is 2.96 bits per heavy atom. The summed E-state index contributed by atoms with van der Waals surface area (Å²) >= 11 is 1.62. The minimum Gasteiger partial charge on any atom is -0.493 e. The maximum atomic E-state index is 5.78. The Balaban J connectivity index is 1.83. The molecule has 0 bridgehead atoms. The number of rotatable bonds is 4. The lowest BCUT2D eigenvalue weighted by Gasteiger charge is -2.10. The van der Waals surface area contributed by atoms with Crippen molar-refractivity contribution in [3.05, 3.63) is 41.7 Å². The first-order valence-electron chi connectivity index (χ1n) is 7.51. The summed E-state index contributed by atoms with van der Waals surface area (Å²) in [4.78, 5) is 14.2. The second kappa shape index (κ2) is 6.01. The summed E-state index contributed by atoms with van der Waals surface area (Å²) < 4.78 is 10.9. The zero-order valence-electron chi connectivity index (χ0n) is 13.2. The van der Waals surface area contributed by atoms with Crippen LogP contribution in [0, 0.1) is 6.92 Å². The van der Waals surface area contributed by atoms with E-state index in [1.807, 2.05) is 31.3 Å². The highest BCUT2D eigenvalue weighted by Gasteiger charge is 2.14. The molecule has 120 valence electrons. The lowest BCUT2D eigenvalue weighted by Crippen LogP contribution is -1.97. The van der Waals surface area contributed by atoms with Crippen LogP contribution in [0.4, 0.5) is 0 Å². The van der Waals surface area contributed by atoms with Gasteiger partial charge in [0, 0.05) is 17.1 Å². The van der Waals surface area contributed by atoms with E-state index < -0.39 is 0 Å². The molecule has 0 fully saturated rings. The van der Waals surface area contributed by atoms with Crippen molar-refractivity contribution in [3.63, 3.8) is 0 Å². The molecule has 0 atom stereocenters. The van der Waals surface area contributed by atoms with Gasteiger partial charge in [0.15, 0.2) is 12.2 Å². The first kappa shape index (κ1) is 14.8. The largest absolute Gasteiger partial charge is 0.493 e. The summed E-state index contributed by atoms with van der Waals surface area (Å²) in [5.41, 5.74) is 2.83. The Kier molecular flexibility index (Phi) is 3.70. The van der Waals surface area contributed by atoms with E-state index in [0.29, 0.717) is 24.1 Å². The molecule has 0 spiro atoms. The number of ether oxygens (including phenoxy) is 1. The monoisotopic (exact) mass is 338 g/mol. The molecule has 0 unspecified atom stereocenters. The quantitative estimate of drug-likeness (QED) is 0.557. The Bertz CT molecular complexity index is 995. The molecule has 0 saturated carbocycles. The molecule has 4 rings (SSSR count). The van der Waals surface area contributed by atoms with Crippen LogP contribution in [0.1, 0.15) is 12.5 Å². The summed E-state index contributed by atoms with van der Waals surface area (Å²) in [7, 11) is 0. The normalized spacial score (nSPS) is 11.1. The SMILES string of the molecule is CCOc1cc(-c2ncno2)ccc1-c1ncc2c(C)csc2n1. The fourth-order valence-electron chi connectivity index (χ4n) is 2.48. The summed E-state index contributed by atoms with van der Waals surface area (Å²) in [6, 6.07) is 5.70. The predicted molar refractivity (Wildman–Crippen MR) is 92.0 cm³/mol. The minimum absolute atomic E-state index is 0.452. The fraction of sp³-hybridized carbons (Fsp3) is 0.176. The van der Waals surface area contributed by atoms with E-state index in [1.54, 1.807) is 11.3 Å². The van der Waals surface area contributed by atoms with E-state index >= 15 is 0 Å². The fourth-order valence-corrected chi connectivity index (χ4v) is 3.37. The number of thiophene rings is 1. The number of aromatic nitrogens is 4. The van der Waals surface area contributed by atoms with Crippen molar-refractivity contribution in [1.82, 2.24) is 20.1 Å². The molecule has 3 heterocycles. The maximum Gasteiger partial charge on any atom is 0.257 e. The van der Waals surface area contributed by atoms with Gasteiger partial charge >= 0.3 is 0 Å². The summed E-state index contributed by atoms with van der Waals surface area (Å²) in [6.07, 6.45) is 3.24. The van der Waals surface area contributed by atoms with Crippen LogP contribution in [0.3, 0.4) is 0 Å². The number of aryl methyl sites for hydroxylation is 1. The van der Waals surface area contributed by atoms with Crippen LogP contribution in [0.15, 0.2) is 40.6 Å². The average molecular weight is 338 g/mol. The molecule has 6 nitrogen and oxygen atoms in total. The molecule has 0 N–H and O–H groups in total. The molecule has 0 aliphatic rings. The highest BCUT2D eigenvalue weighted by molar-refractivity contribution is 7.16. The van der Waals surface area contributed by atoms with E-state index in [4.69, 9.17) is 9.26 Å². The van der Waals surface area contributed by atoms with Gasteiger partial charge in [-0.15, -0.1) is 11.3 Å². The second-order valence-corrected chi connectivity index (χ2v) is 6.08. The van der Waals surface area contributed by atoms with Gasteiger partial charge in [-0.2, -0.15) is 4.98 Å². The Morgan fingerprint density at radius 1 is 1.25 bits per heavy atom. The summed E-state index contributed by atoms with van der Waals surface area (Å²) in [6.45, 7) is 4.54. The van der Waals surface area contributed by atoms with E-state index in [2.05, 4.69) is 32.4 Å². The Morgan fingerprint density at radius 2 is 2.17 bits per heavy atom. The second-order valence-electron chi connectivity index (χ2n) is 5.22. The number of benzene rings is 1. The van der Waals surface area contributed by atoms with Gasteiger partial charge < -0.3 is 9.26 Å². The molecule has 0 saturated heterocycles. The van der Waals surface area contributed by atoms with Crippen LogP contribution < -0.4 is 4.74 Å². The van der Waals surface area contributed by atoms with Crippen molar-refractivity contribution in [3.8, 4) is 28.6 Å². The van der Waals surface area contributed by atoms with Gasteiger partial charge in [-0.05, 0) is 43.0 Å². The van der Waals surface area contributed by atoms with E-state index in [-0.39, 0.29) is 0 Å². The lowest BCUT2D eigenvalue weighted by molar-refractivity contribution is 0.341. The van der Waals surface area contributed by atoms with Crippen molar-refractivity contribution >= 4 is 21.6 Å². The van der Waals surface area contributed by atoms with Gasteiger partial charge in [-0.3, -0.25) is 0 Å². The van der Waals surface area contributed by atoms with Crippen molar-refractivity contribution < 1.29 is 9.26 Å². The van der Waals surface area contributed by atoms with E-state index in [9.17, 15) is 0 Å². The standard InChI is InChI=1S/C17H14N4O2S/c1-3-22-14-6-11(16-19-9-20-23-16)4-5-12(14)15-18-7-13-10(2)8-24-17(13)21-15/h4-9H,3H2,1-2H3. The average Bonchev–Trinajstić information content (AvgIpc) is 3.25. The van der Waals surface area contributed by atoms with Crippen LogP contribution in [0.25, 0.3) is 33.1 Å². The number of fused-ring (bicyclic) bond motifs is 1. The first-order chi connectivity index (χ1) is 11.8. The van der Waals surface area contributed by atoms with Gasteiger partial charge in [0.25, 0.3) is 5.89 Å². The number of hydrogen-bond acceptors (Lipinski definition) is 7. The zero-order chi connectivity index (χ0) is 16.5. The van der Waals surface area contributed by atoms with Crippen LogP contribution in [0.5, 0.6) is 5.75 Å². The first-order valence-corrected chi connectivity index (χ1v) is 8.39. The van der Waals surface area contributed by atoms with Crippen LogP contribution in [-0.2, 0) is 0 Å². The lowest BCUT2D eigenvalue weighted by atomic mass is 10.1. The molecule has 0 aliphatic heterocycles. The van der Waals surface area contributed by atoms with Crippen molar-refractivity contribution in [2.75, 3.05) is 6.61 Å². The number of hydrogen-bond donors (Lipinski definition) is 0. The number of nitrogens with zero attached hydrogens (tertiary/aromatic N) is 4. The summed E-state index contributed by atoms with van der Waals surface area (Å²) in [5, 5.41) is 6.82. The summed E-state index contributed by atoms with van der Waals surface area (Å²) in [5.74, 6) is 1.79. The molecule has 24 heavy (non-hydrogen) atoms. The Labute approximate surface area is 142 Å². The topological polar surface area (TPSA) is 73.9 Å². The highest BCUT2D eigenvalue weighted by atomic mass is 32.1. The Hall–Kier alpha value is -2.80. The molecule has 0 radical (unpaired) electrons. The van der Waals surface area contributed by atoms with E-state index in [0.717, 1.165) is 21.3 Å². The zero-order valence-corrected chi connectivity index (χ0v) is 14.0. The van der Waals surface area contributed by atoms with Crippen molar-refractivity contribution in [1.29, 1.82) is 0 Å². The third-order valence-electron chi connectivity index (χ3n) is 3.66. The molecular formula is C17H14N4O2S. The van der Waals surface area contributed by atoms with Crippen LogP contribution in [0.2, 0.25) is 0 Å². The third-order valence-corrected chi connectivity index (χ3v) is 4.66. The minimum atomic E-state index is 0.452. The molecule has 0 aliphatic carbocycles. The molecule has 3 aromatic heterocycles. The molecule has 4 aromatic rings. The third kappa shape index (κ3) is 2.52. The van der Waals surface area contributed by atoms with Gasteiger partial charge in [0.05, 0.1) is 12.2 Å². The smallest absolute Gasteiger partial charge is 0.257 e.